The van der Waals surface area contributed by atoms with Gasteiger partial charge in [0.1, 0.15) is 11.9 Å². The summed E-state index contributed by atoms with van der Waals surface area (Å²) in [5.41, 5.74) is 1.50. The molecule has 0 saturated carbocycles. The number of halogens is 1. The first-order valence-electron chi connectivity index (χ1n) is 7.16. The van der Waals surface area contributed by atoms with Gasteiger partial charge in [-0.1, -0.05) is 15.9 Å². The van der Waals surface area contributed by atoms with Crippen molar-refractivity contribution < 1.29 is 14.3 Å². The highest BCUT2D eigenvalue weighted by Gasteiger charge is 2.19. The minimum Gasteiger partial charge on any atom is -0.444 e. The molecule has 1 unspecified atom stereocenters. The number of rotatable bonds is 6. The lowest BCUT2D eigenvalue weighted by molar-refractivity contribution is -0.109. The van der Waals surface area contributed by atoms with E-state index in [1.54, 1.807) is 20.8 Å². The SMILES string of the molecule is CNc1ccc(Br)cc1CCC(C=O)NC(=O)OC(C)(C)C. The molecule has 0 aliphatic heterocycles. The lowest BCUT2D eigenvalue weighted by atomic mass is 10.0. The van der Waals surface area contributed by atoms with Crippen LogP contribution < -0.4 is 10.6 Å². The molecule has 2 N–H and O–H groups in total. The van der Waals surface area contributed by atoms with E-state index in [9.17, 15) is 9.59 Å². The largest absolute Gasteiger partial charge is 0.444 e. The van der Waals surface area contributed by atoms with E-state index >= 15 is 0 Å². The van der Waals surface area contributed by atoms with Crippen molar-refractivity contribution in [3.05, 3.63) is 28.2 Å². The van der Waals surface area contributed by atoms with E-state index in [0.717, 1.165) is 22.0 Å². The number of aldehydes is 1. The third-order valence-corrected chi connectivity index (χ3v) is 3.42. The summed E-state index contributed by atoms with van der Waals surface area (Å²) in [6.07, 6.45) is 1.33. The normalized spacial score (nSPS) is 12.4. The van der Waals surface area contributed by atoms with Gasteiger partial charge >= 0.3 is 6.09 Å². The molecule has 1 rings (SSSR count). The number of alkyl carbamates (subject to hydrolysis) is 1. The van der Waals surface area contributed by atoms with Crippen LogP contribution in [0.4, 0.5) is 10.5 Å². The number of hydrogen-bond donors (Lipinski definition) is 2. The highest BCUT2D eigenvalue weighted by molar-refractivity contribution is 9.10. The van der Waals surface area contributed by atoms with Crippen molar-refractivity contribution in [3.8, 4) is 0 Å². The number of benzene rings is 1. The molecular formula is C16H23BrN2O3. The number of ether oxygens (including phenoxy) is 1. The van der Waals surface area contributed by atoms with E-state index in [1.807, 2.05) is 25.2 Å². The van der Waals surface area contributed by atoms with Crippen LogP contribution in [0, 0.1) is 0 Å². The summed E-state index contributed by atoms with van der Waals surface area (Å²) in [5.74, 6) is 0. The number of aryl methyl sites for hydroxylation is 1. The van der Waals surface area contributed by atoms with E-state index in [4.69, 9.17) is 4.74 Å². The molecule has 1 atom stereocenters. The van der Waals surface area contributed by atoms with Gasteiger partial charge in [-0.3, -0.25) is 0 Å². The fraction of sp³-hybridized carbons (Fsp3) is 0.500. The minimum absolute atomic E-state index is 0.508. The summed E-state index contributed by atoms with van der Waals surface area (Å²) in [7, 11) is 1.85. The highest BCUT2D eigenvalue weighted by atomic mass is 79.9. The number of carbonyl (C=O) groups excluding carboxylic acids is 2. The summed E-state index contributed by atoms with van der Waals surface area (Å²) in [4.78, 5) is 22.9. The quantitative estimate of drug-likeness (QED) is 0.751. The second-order valence-corrected chi connectivity index (χ2v) is 6.89. The van der Waals surface area contributed by atoms with Gasteiger partial charge in [0.25, 0.3) is 0 Å². The molecule has 0 fully saturated rings. The van der Waals surface area contributed by atoms with E-state index in [2.05, 4.69) is 26.6 Å². The molecule has 0 aliphatic carbocycles. The average Bonchev–Trinajstić information content (AvgIpc) is 2.41. The highest BCUT2D eigenvalue weighted by Crippen LogP contribution is 2.22. The Bertz CT molecular complexity index is 527. The first-order valence-corrected chi connectivity index (χ1v) is 7.95. The molecule has 5 nitrogen and oxygen atoms in total. The molecule has 22 heavy (non-hydrogen) atoms. The smallest absolute Gasteiger partial charge is 0.408 e. The van der Waals surface area contributed by atoms with Crippen molar-refractivity contribution in [3.63, 3.8) is 0 Å². The molecule has 0 aliphatic rings. The van der Waals surface area contributed by atoms with Gasteiger partial charge < -0.3 is 20.2 Å². The molecular weight excluding hydrogens is 348 g/mol. The Morgan fingerprint density at radius 1 is 1.41 bits per heavy atom. The topological polar surface area (TPSA) is 67.4 Å². The molecule has 0 saturated heterocycles. The monoisotopic (exact) mass is 370 g/mol. The van der Waals surface area contributed by atoms with Crippen molar-refractivity contribution in [1.82, 2.24) is 5.32 Å². The number of amides is 1. The number of nitrogens with one attached hydrogen (secondary N) is 2. The fourth-order valence-electron chi connectivity index (χ4n) is 1.96. The zero-order valence-electron chi connectivity index (χ0n) is 13.4. The van der Waals surface area contributed by atoms with E-state index in [1.165, 1.54) is 0 Å². The Kier molecular flexibility index (Phi) is 6.87. The maximum absolute atomic E-state index is 11.7. The summed E-state index contributed by atoms with van der Waals surface area (Å²) < 4.78 is 6.13. The number of carbonyl (C=O) groups is 2. The maximum Gasteiger partial charge on any atom is 0.408 e. The van der Waals surface area contributed by atoms with Crippen LogP contribution in [0.1, 0.15) is 32.8 Å². The third-order valence-electron chi connectivity index (χ3n) is 2.93. The van der Waals surface area contributed by atoms with Crippen LogP contribution in [-0.2, 0) is 16.0 Å². The van der Waals surface area contributed by atoms with Gasteiger partial charge in [0.15, 0.2) is 0 Å². The second-order valence-electron chi connectivity index (χ2n) is 5.98. The van der Waals surface area contributed by atoms with E-state index in [0.29, 0.717) is 12.8 Å². The van der Waals surface area contributed by atoms with Gasteiger partial charge in [-0.05, 0) is 57.4 Å². The zero-order chi connectivity index (χ0) is 16.8. The Morgan fingerprint density at radius 2 is 2.09 bits per heavy atom. The first-order chi connectivity index (χ1) is 10.2. The molecule has 0 spiro atoms. The van der Waals surface area contributed by atoms with Crippen molar-refractivity contribution in [2.24, 2.45) is 0 Å². The molecule has 6 heteroatoms. The van der Waals surface area contributed by atoms with Crippen LogP contribution >= 0.6 is 15.9 Å². The average molecular weight is 371 g/mol. The van der Waals surface area contributed by atoms with E-state index in [-0.39, 0.29) is 0 Å². The van der Waals surface area contributed by atoms with E-state index < -0.39 is 17.7 Å². The summed E-state index contributed by atoms with van der Waals surface area (Å²) in [6, 6.07) is 5.35. The van der Waals surface area contributed by atoms with Gasteiger partial charge in [-0.2, -0.15) is 0 Å². The molecule has 1 amide bonds. The van der Waals surface area contributed by atoms with Gasteiger partial charge in [-0.25, -0.2) is 4.79 Å². The van der Waals surface area contributed by atoms with Gasteiger partial charge in [0.2, 0.25) is 0 Å². The van der Waals surface area contributed by atoms with Crippen molar-refractivity contribution in [2.75, 3.05) is 12.4 Å². The molecule has 0 radical (unpaired) electrons. The van der Waals surface area contributed by atoms with Crippen LogP contribution in [0.15, 0.2) is 22.7 Å². The van der Waals surface area contributed by atoms with Crippen LogP contribution in [0.2, 0.25) is 0 Å². The Labute approximate surface area is 139 Å². The Balaban J connectivity index is 2.62. The molecule has 122 valence electrons. The minimum atomic E-state index is -0.582. The molecule has 1 aromatic carbocycles. The van der Waals surface area contributed by atoms with Crippen molar-refractivity contribution >= 4 is 34.0 Å². The Morgan fingerprint density at radius 3 is 2.64 bits per heavy atom. The van der Waals surface area contributed by atoms with Crippen molar-refractivity contribution in [2.45, 2.75) is 45.3 Å². The standard InChI is InChI=1S/C16H23BrN2O3/c1-16(2,3)22-15(21)19-13(10-20)7-5-11-9-12(17)6-8-14(11)18-4/h6,8-10,13,18H,5,7H2,1-4H3,(H,19,21). The lowest BCUT2D eigenvalue weighted by Crippen LogP contribution is -2.40. The second kappa shape index (κ2) is 8.17. The molecule has 0 aromatic heterocycles. The van der Waals surface area contributed by atoms with Crippen LogP contribution in [-0.4, -0.2) is 31.1 Å². The van der Waals surface area contributed by atoms with Crippen LogP contribution in [0.25, 0.3) is 0 Å². The Hall–Kier alpha value is -1.56. The van der Waals surface area contributed by atoms with Gasteiger partial charge in [0.05, 0.1) is 6.04 Å². The van der Waals surface area contributed by atoms with Gasteiger partial charge in [-0.15, -0.1) is 0 Å². The van der Waals surface area contributed by atoms with Crippen LogP contribution in [0.3, 0.4) is 0 Å². The summed E-state index contributed by atoms with van der Waals surface area (Å²) >= 11 is 3.44. The maximum atomic E-state index is 11.7. The summed E-state index contributed by atoms with van der Waals surface area (Å²) in [5, 5.41) is 5.70. The third kappa shape index (κ3) is 6.47. The predicted molar refractivity (Wildman–Crippen MR) is 91.2 cm³/mol. The predicted octanol–water partition coefficient (Wildman–Crippen LogP) is 3.52. The molecule has 0 heterocycles. The van der Waals surface area contributed by atoms with Crippen molar-refractivity contribution in [1.29, 1.82) is 0 Å². The zero-order valence-corrected chi connectivity index (χ0v) is 15.0. The lowest BCUT2D eigenvalue weighted by Gasteiger charge is -2.21. The molecule has 1 aromatic rings. The van der Waals surface area contributed by atoms with Gasteiger partial charge in [0, 0.05) is 17.2 Å². The first kappa shape index (κ1) is 18.5. The fourth-order valence-corrected chi connectivity index (χ4v) is 2.37. The number of hydrogen-bond acceptors (Lipinski definition) is 4. The summed E-state index contributed by atoms with van der Waals surface area (Å²) in [6.45, 7) is 5.34. The molecule has 0 bridgehead atoms. The van der Waals surface area contributed by atoms with Crippen LogP contribution in [0.5, 0.6) is 0 Å². The number of anilines is 1.